The molecule has 1 aromatic rings. The molecule has 0 saturated heterocycles. The van der Waals surface area contributed by atoms with E-state index in [2.05, 4.69) is 23.0 Å². The fourth-order valence-corrected chi connectivity index (χ4v) is 3.24. The van der Waals surface area contributed by atoms with Crippen molar-refractivity contribution in [3.05, 3.63) is 21.9 Å². The number of hydrogen-bond donors (Lipinski definition) is 1. The van der Waals surface area contributed by atoms with Gasteiger partial charge in [0.15, 0.2) is 0 Å². The van der Waals surface area contributed by atoms with Crippen LogP contribution in [0.2, 0.25) is 0 Å². The molecule has 0 aliphatic heterocycles. The van der Waals surface area contributed by atoms with Crippen molar-refractivity contribution >= 4 is 17.3 Å². The smallest absolute Gasteiger partial charge is 0.310 e. The lowest BCUT2D eigenvalue weighted by atomic mass is 9.70. The van der Waals surface area contributed by atoms with Crippen molar-refractivity contribution in [2.75, 3.05) is 13.7 Å². The summed E-state index contributed by atoms with van der Waals surface area (Å²) in [6.45, 7) is 4.35. The maximum Gasteiger partial charge on any atom is 0.310 e. The van der Waals surface area contributed by atoms with E-state index in [-0.39, 0.29) is 5.97 Å². The fraction of sp³-hybridized carbons (Fsp3) is 0.643. The summed E-state index contributed by atoms with van der Waals surface area (Å²) in [5, 5.41) is 3.52. The second-order valence-corrected chi connectivity index (χ2v) is 6.64. The van der Waals surface area contributed by atoms with E-state index in [0.29, 0.717) is 11.8 Å². The zero-order chi connectivity index (χ0) is 13.0. The fourth-order valence-electron chi connectivity index (χ4n) is 2.27. The standard InChI is InChI=1S/C14H21NO2S/c1-14(6-3-7-14)10-15-9-12-5-4-11(18-12)8-13(16)17-2/h4-5,15H,3,6-10H2,1-2H3. The van der Waals surface area contributed by atoms with Gasteiger partial charge in [0.1, 0.15) is 0 Å². The second kappa shape index (κ2) is 5.85. The summed E-state index contributed by atoms with van der Waals surface area (Å²) in [5.74, 6) is -0.168. The summed E-state index contributed by atoms with van der Waals surface area (Å²) >= 11 is 1.69. The van der Waals surface area contributed by atoms with Crippen molar-refractivity contribution in [2.24, 2.45) is 5.41 Å². The molecular formula is C14H21NO2S. The van der Waals surface area contributed by atoms with Gasteiger partial charge in [-0.1, -0.05) is 13.3 Å². The van der Waals surface area contributed by atoms with Crippen molar-refractivity contribution in [3.63, 3.8) is 0 Å². The van der Waals surface area contributed by atoms with E-state index in [1.165, 1.54) is 31.2 Å². The highest BCUT2D eigenvalue weighted by Gasteiger charge is 2.30. The number of methoxy groups -OCH3 is 1. The van der Waals surface area contributed by atoms with Gasteiger partial charge in [0.2, 0.25) is 0 Å². The van der Waals surface area contributed by atoms with E-state index < -0.39 is 0 Å². The van der Waals surface area contributed by atoms with E-state index >= 15 is 0 Å². The first-order chi connectivity index (χ1) is 8.61. The van der Waals surface area contributed by atoms with Gasteiger partial charge in [-0.25, -0.2) is 0 Å². The molecule has 1 N–H and O–H groups in total. The zero-order valence-electron chi connectivity index (χ0n) is 11.1. The van der Waals surface area contributed by atoms with Gasteiger partial charge < -0.3 is 10.1 Å². The molecule has 1 aromatic heterocycles. The highest BCUT2D eigenvalue weighted by molar-refractivity contribution is 7.12. The molecule has 1 saturated carbocycles. The van der Waals surface area contributed by atoms with Gasteiger partial charge in [0, 0.05) is 22.8 Å². The van der Waals surface area contributed by atoms with Crippen molar-refractivity contribution in [2.45, 2.75) is 39.2 Å². The monoisotopic (exact) mass is 267 g/mol. The Kier molecular flexibility index (Phi) is 4.40. The minimum atomic E-state index is -0.168. The normalized spacial score (nSPS) is 17.2. The summed E-state index contributed by atoms with van der Waals surface area (Å²) in [5.41, 5.74) is 0.520. The lowest BCUT2D eigenvalue weighted by Gasteiger charge is -2.38. The van der Waals surface area contributed by atoms with Crippen LogP contribution in [0.4, 0.5) is 0 Å². The average molecular weight is 267 g/mol. The Hall–Kier alpha value is -0.870. The van der Waals surface area contributed by atoms with Crippen LogP contribution in [0.5, 0.6) is 0 Å². The van der Waals surface area contributed by atoms with Gasteiger partial charge in [0.25, 0.3) is 0 Å². The van der Waals surface area contributed by atoms with E-state index in [9.17, 15) is 4.79 Å². The van der Waals surface area contributed by atoms with Crippen LogP contribution in [0, 0.1) is 5.41 Å². The predicted molar refractivity (Wildman–Crippen MR) is 73.7 cm³/mol. The van der Waals surface area contributed by atoms with Crippen molar-refractivity contribution in [1.29, 1.82) is 0 Å². The number of esters is 1. The molecule has 2 rings (SSSR count). The van der Waals surface area contributed by atoms with Crippen molar-refractivity contribution in [1.82, 2.24) is 5.32 Å². The van der Waals surface area contributed by atoms with Gasteiger partial charge in [0.05, 0.1) is 13.5 Å². The predicted octanol–water partition coefficient (Wildman–Crippen LogP) is 2.74. The van der Waals surface area contributed by atoms with Gasteiger partial charge in [-0.3, -0.25) is 4.79 Å². The van der Waals surface area contributed by atoms with Crippen molar-refractivity contribution in [3.8, 4) is 0 Å². The Bertz CT molecular complexity index is 410. The molecule has 1 fully saturated rings. The number of hydrogen-bond acceptors (Lipinski definition) is 4. The molecule has 0 amide bonds. The van der Waals surface area contributed by atoms with Crippen LogP contribution >= 0.6 is 11.3 Å². The first kappa shape index (κ1) is 13.6. The number of rotatable bonds is 6. The lowest BCUT2D eigenvalue weighted by molar-refractivity contribution is -0.139. The molecule has 0 atom stereocenters. The van der Waals surface area contributed by atoms with Crippen LogP contribution in [0.25, 0.3) is 0 Å². The summed E-state index contributed by atoms with van der Waals surface area (Å²) in [6.07, 6.45) is 4.45. The summed E-state index contributed by atoms with van der Waals surface area (Å²) in [6, 6.07) is 4.11. The Balaban J connectivity index is 1.74. The molecule has 0 aromatic carbocycles. The molecule has 1 aliphatic rings. The maximum atomic E-state index is 11.2. The first-order valence-corrected chi connectivity index (χ1v) is 7.28. The van der Waals surface area contributed by atoms with Crippen molar-refractivity contribution < 1.29 is 9.53 Å². The van der Waals surface area contributed by atoms with E-state index in [1.54, 1.807) is 11.3 Å². The first-order valence-electron chi connectivity index (χ1n) is 6.46. The molecule has 0 unspecified atom stereocenters. The molecule has 1 heterocycles. The number of carbonyl (C=O) groups excluding carboxylic acids is 1. The molecule has 3 nitrogen and oxygen atoms in total. The molecule has 0 spiro atoms. The molecule has 0 radical (unpaired) electrons. The van der Waals surface area contributed by atoms with Crippen LogP contribution < -0.4 is 5.32 Å². The third-order valence-electron chi connectivity index (χ3n) is 3.68. The number of nitrogens with one attached hydrogen (secondary N) is 1. The largest absolute Gasteiger partial charge is 0.469 e. The van der Waals surface area contributed by atoms with Crippen LogP contribution in [0.3, 0.4) is 0 Å². The Morgan fingerprint density at radius 1 is 1.44 bits per heavy atom. The zero-order valence-corrected chi connectivity index (χ0v) is 11.9. The number of thiophene rings is 1. The highest BCUT2D eigenvalue weighted by atomic mass is 32.1. The molecular weight excluding hydrogens is 246 g/mol. The summed E-state index contributed by atoms with van der Waals surface area (Å²) in [4.78, 5) is 13.5. The van der Waals surface area contributed by atoms with Crippen LogP contribution in [0.1, 0.15) is 35.9 Å². The Morgan fingerprint density at radius 2 is 2.17 bits per heavy atom. The average Bonchev–Trinajstić information content (AvgIpc) is 2.74. The summed E-state index contributed by atoms with van der Waals surface area (Å²) in [7, 11) is 1.43. The highest BCUT2D eigenvalue weighted by Crippen LogP contribution is 2.39. The number of ether oxygens (including phenoxy) is 1. The van der Waals surface area contributed by atoms with Crippen LogP contribution in [-0.4, -0.2) is 19.6 Å². The molecule has 18 heavy (non-hydrogen) atoms. The number of carbonyl (C=O) groups is 1. The maximum absolute atomic E-state index is 11.2. The van der Waals surface area contributed by atoms with E-state index in [1.807, 2.05) is 6.07 Å². The van der Waals surface area contributed by atoms with Crippen LogP contribution in [0.15, 0.2) is 12.1 Å². The third-order valence-corrected chi connectivity index (χ3v) is 4.76. The Labute approximate surface area is 113 Å². The summed E-state index contributed by atoms with van der Waals surface area (Å²) < 4.78 is 4.66. The minimum absolute atomic E-state index is 0.168. The SMILES string of the molecule is COC(=O)Cc1ccc(CNCC2(C)CCC2)s1. The lowest BCUT2D eigenvalue weighted by Crippen LogP contribution is -2.36. The molecule has 1 aliphatic carbocycles. The van der Waals surface area contributed by atoms with Gasteiger partial charge in [-0.2, -0.15) is 0 Å². The van der Waals surface area contributed by atoms with Crippen LogP contribution in [-0.2, 0) is 22.5 Å². The van der Waals surface area contributed by atoms with E-state index in [0.717, 1.165) is 18.0 Å². The van der Waals surface area contributed by atoms with Gasteiger partial charge in [-0.15, -0.1) is 11.3 Å². The molecule has 0 bridgehead atoms. The second-order valence-electron chi connectivity index (χ2n) is 5.39. The molecule has 4 heteroatoms. The molecule has 100 valence electrons. The topological polar surface area (TPSA) is 38.3 Å². The van der Waals surface area contributed by atoms with Gasteiger partial charge >= 0.3 is 5.97 Å². The van der Waals surface area contributed by atoms with Gasteiger partial charge in [-0.05, 0) is 30.4 Å². The minimum Gasteiger partial charge on any atom is -0.469 e. The Morgan fingerprint density at radius 3 is 2.78 bits per heavy atom. The van der Waals surface area contributed by atoms with E-state index in [4.69, 9.17) is 0 Å². The quantitative estimate of drug-likeness (QED) is 0.805. The third kappa shape index (κ3) is 3.56.